The zero-order chi connectivity index (χ0) is 5.11. The van der Waals surface area contributed by atoms with Gasteiger partial charge in [0, 0.05) is 0 Å². The number of rotatable bonds is 0. The summed E-state index contributed by atoms with van der Waals surface area (Å²) >= 11 is 0. The fourth-order valence-electron chi connectivity index (χ4n) is 0.407. The Morgan fingerprint density at radius 3 is 2.44 bits per heavy atom. The minimum Gasteiger partial charge on any atom is -1.00 e. The molecule has 0 aliphatic carbocycles. The molecule has 0 bridgehead atoms. The van der Waals surface area contributed by atoms with Crippen LogP contribution in [0.25, 0.3) is 0 Å². The first-order chi connectivity index (χ1) is 3.39. The summed E-state index contributed by atoms with van der Waals surface area (Å²) in [5.41, 5.74) is 1.09. The van der Waals surface area contributed by atoms with Gasteiger partial charge in [-0.25, -0.2) is 0 Å². The number of aryl methyl sites for hydroxylation is 1. The van der Waals surface area contributed by atoms with Crippen molar-refractivity contribution in [2.75, 3.05) is 0 Å². The Hall–Kier alpha value is 0.396. The molecule has 0 fully saturated rings. The van der Waals surface area contributed by atoms with Gasteiger partial charge in [-0.3, -0.25) is 0 Å². The molecule has 1 aromatic heterocycles. The molecular formula is C6H6BrMgN. The standard InChI is InChI=1S/C6H6N.BrH.Mg/c1-6-3-2-4-7-5-6;;/h2-4H,1H3;1H;/q-1;;+2/p-1. The van der Waals surface area contributed by atoms with E-state index in [9.17, 15) is 0 Å². The molecule has 0 aromatic carbocycles. The van der Waals surface area contributed by atoms with Crippen molar-refractivity contribution in [1.82, 2.24) is 4.98 Å². The number of nitrogens with zero attached hydrogens (tertiary/aromatic N) is 1. The van der Waals surface area contributed by atoms with E-state index in [1.54, 1.807) is 6.20 Å². The van der Waals surface area contributed by atoms with Gasteiger partial charge < -0.3 is 22.0 Å². The molecule has 0 radical (unpaired) electrons. The second-order valence-electron chi connectivity index (χ2n) is 1.43. The molecule has 0 spiro atoms. The van der Waals surface area contributed by atoms with Gasteiger partial charge in [0.05, 0.1) is 0 Å². The quantitative estimate of drug-likeness (QED) is 0.339. The Kier molecular flexibility index (Phi) is 8.77. The van der Waals surface area contributed by atoms with Crippen LogP contribution in [0.5, 0.6) is 0 Å². The van der Waals surface area contributed by atoms with E-state index >= 15 is 0 Å². The molecule has 0 atom stereocenters. The first kappa shape index (κ1) is 12.1. The predicted molar refractivity (Wildman–Crippen MR) is 33.6 cm³/mol. The molecule has 3 heteroatoms. The fourth-order valence-corrected chi connectivity index (χ4v) is 0.407. The normalized spacial score (nSPS) is 6.78. The number of aromatic nitrogens is 1. The summed E-state index contributed by atoms with van der Waals surface area (Å²) in [4.78, 5) is 3.76. The SMILES string of the molecule is Cc1[c-]nccc1.[Br-].[Mg+2]. The van der Waals surface area contributed by atoms with E-state index in [-0.39, 0.29) is 40.0 Å². The molecule has 0 saturated carbocycles. The molecule has 1 nitrogen and oxygen atoms in total. The monoisotopic (exact) mass is 195 g/mol. The topological polar surface area (TPSA) is 12.9 Å². The van der Waals surface area contributed by atoms with Crippen LogP contribution in [-0.4, -0.2) is 28.0 Å². The molecule has 0 aliphatic heterocycles. The maximum Gasteiger partial charge on any atom is 2.00 e. The van der Waals surface area contributed by atoms with Crippen molar-refractivity contribution in [3.63, 3.8) is 0 Å². The Labute approximate surface area is 81.8 Å². The third-order valence-electron chi connectivity index (χ3n) is 0.748. The van der Waals surface area contributed by atoms with Crippen LogP contribution >= 0.6 is 0 Å². The van der Waals surface area contributed by atoms with E-state index in [1.807, 2.05) is 19.1 Å². The Morgan fingerprint density at radius 2 is 2.22 bits per heavy atom. The van der Waals surface area contributed by atoms with Crippen molar-refractivity contribution in [2.45, 2.75) is 6.92 Å². The van der Waals surface area contributed by atoms with Crippen molar-refractivity contribution in [2.24, 2.45) is 0 Å². The molecular weight excluding hydrogens is 190 g/mol. The maximum absolute atomic E-state index is 3.76. The van der Waals surface area contributed by atoms with Crippen LogP contribution < -0.4 is 17.0 Å². The first-order valence-corrected chi connectivity index (χ1v) is 2.19. The Bertz CT molecular complexity index is 143. The van der Waals surface area contributed by atoms with Gasteiger partial charge in [-0.2, -0.15) is 12.1 Å². The summed E-state index contributed by atoms with van der Waals surface area (Å²) in [5, 5.41) is 0. The third kappa shape index (κ3) is 4.87. The summed E-state index contributed by atoms with van der Waals surface area (Å²) in [6, 6.07) is 3.86. The average Bonchev–Trinajstić information content (AvgIpc) is 1.69. The molecule has 1 aromatic rings. The number of pyridine rings is 1. The number of hydrogen-bond acceptors (Lipinski definition) is 1. The van der Waals surface area contributed by atoms with Gasteiger partial charge in [-0.1, -0.05) is 19.3 Å². The molecule has 0 saturated heterocycles. The molecule has 1 heterocycles. The van der Waals surface area contributed by atoms with E-state index in [2.05, 4.69) is 11.2 Å². The molecule has 0 aliphatic rings. The van der Waals surface area contributed by atoms with E-state index in [4.69, 9.17) is 0 Å². The number of halogens is 1. The first-order valence-electron chi connectivity index (χ1n) is 2.19. The van der Waals surface area contributed by atoms with E-state index in [1.165, 1.54) is 0 Å². The second kappa shape index (κ2) is 6.52. The minimum atomic E-state index is 0. The van der Waals surface area contributed by atoms with Gasteiger partial charge >= 0.3 is 23.1 Å². The van der Waals surface area contributed by atoms with Crippen molar-refractivity contribution < 1.29 is 17.0 Å². The van der Waals surface area contributed by atoms with Crippen LogP contribution in [0.4, 0.5) is 0 Å². The van der Waals surface area contributed by atoms with Crippen molar-refractivity contribution in [1.29, 1.82) is 0 Å². The second-order valence-corrected chi connectivity index (χ2v) is 1.43. The average molecular weight is 196 g/mol. The van der Waals surface area contributed by atoms with Gasteiger partial charge in [-0.15, -0.1) is 5.56 Å². The zero-order valence-electron chi connectivity index (χ0n) is 5.26. The van der Waals surface area contributed by atoms with E-state index < -0.39 is 0 Å². The molecule has 1 rings (SSSR count). The van der Waals surface area contributed by atoms with Crippen molar-refractivity contribution >= 4 is 23.1 Å². The van der Waals surface area contributed by atoms with E-state index in [0.717, 1.165) is 5.56 Å². The summed E-state index contributed by atoms with van der Waals surface area (Å²) in [6.07, 6.45) is 4.50. The maximum atomic E-state index is 3.76. The zero-order valence-corrected chi connectivity index (χ0v) is 8.26. The van der Waals surface area contributed by atoms with Crippen LogP contribution in [0.3, 0.4) is 0 Å². The van der Waals surface area contributed by atoms with Gasteiger partial charge in [0.15, 0.2) is 0 Å². The van der Waals surface area contributed by atoms with E-state index in [0.29, 0.717) is 0 Å². The largest absolute Gasteiger partial charge is 2.00 e. The van der Waals surface area contributed by atoms with Crippen LogP contribution in [0.2, 0.25) is 0 Å². The smallest absolute Gasteiger partial charge is 1.00 e. The van der Waals surface area contributed by atoms with Crippen LogP contribution in [0, 0.1) is 13.1 Å². The van der Waals surface area contributed by atoms with Gasteiger partial charge in [0.25, 0.3) is 0 Å². The minimum absolute atomic E-state index is 0. The van der Waals surface area contributed by atoms with Gasteiger partial charge in [0.2, 0.25) is 0 Å². The predicted octanol–water partition coefficient (Wildman–Crippen LogP) is -2.19. The molecule has 0 amide bonds. The number of hydrogen-bond donors (Lipinski definition) is 0. The molecule has 0 unspecified atom stereocenters. The van der Waals surface area contributed by atoms with Crippen LogP contribution in [0.1, 0.15) is 5.56 Å². The molecule has 9 heavy (non-hydrogen) atoms. The molecule has 44 valence electrons. The summed E-state index contributed by atoms with van der Waals surface area (Å²) in [7, 11) is 0. The van der Waals surface area contributed by atoms with Crippen molar-refractivity contribution in [3.8, 4) is 0 Å². The molecule has 0 N–H and O–H groups in total. The van der Waals surface area contributed by atoms with Gasteiger partial charge in [-0.05, 0) is 0 Å². The van der Waals surface area contributed by atoms with Gasteiger partial charge in [0.1, 0.15) is 0 Å². The Balaban J connectivity index is 0. The summed E-state index contributed by atoms with van der Waals surface area (Å²) in [5.74, 6) is 0. The Morgan fingerprint density at radius 1 is 1.56 bits per heavy atom. The third-order valence-corrected chi connectivity index (χ3v) is 0.748. The fraction of sp³-hybridized carbons (Fsp3) is 0.167. The summed E-state index contributed by atoms with van der Waals surface area (Å²) < 4.78 is 0. The van der Waals surface area contributed by atoms with Crippen molar-refractivity contribution in [3.05, 3.63) is 30.1 Å². The van der Waals surface area contributed by atoms with Crippen LogP contribution in [-0.2, 0) is 0 Å². The summed E-state index contributed by atoms with van der Waals surface area (Å²) in [6.45, 7) is 1.97. The van der Waals surface area contributed by atoms with Crippen LogP contribution in [0.15, 0.2) is 18.3 Å².